The molecule has 0 aliphatic heterocycles. The monoisotopic (exact) mass is 488 g/mol. The quantitative estimate of drug-likeness (QED) is 0.387. The van der Waals surface area contributed by atoms with Crippen molar-refractivity contribution in [1.29, 1.82) is 0 Å². The fourth-order valence-electron chi connectivity index (χ4n) is 4.48. The first-order chi connectivity index (χ1) is 15.5. The number of hydrogen-bond acceptors (Lipinski definition) is 4. The van der Waals surface area contributed by atoms with Crippen molar-refractivity contribution >= 4 is 33.0 Å². The number of halogens is 1. The van der Waals surface area contributed by atoms with Crippen LogP contribution in [0, 0.1) is 0 Å². The van der Waals surface area contributed by atoms with Gasteiger partial charge in [0, 0.05) is 35.1 Å². The van der Waals surface area contributed by atoms with E-state index < -0.39 is 10.0 Å². The highest BCUT2D eigenvalue weighted by atomic mass is 35.5. The van der Waals surface area contributed by atoms with E-state index in [1.807, 2.05) is 18.2 Å². The third-order valence-electron chi connectivity index (χ3n) is 6.14. The lowest BCUT2D eigenvalue weighted by Gasteiger charge is -2.40. The molecule has 1 aliphatic rings. The van der Waals surface area contributed by atoms with E-state index in [1.54, 1.807) is 35.6 Å². The van der Waals surface area contributed by atoms with Crippen LogP contribution < -0.4 is 4.72 Å². The Morgan fingerprint density at radius 3 is 2.34 bits per heavy atom. The summed E-state index contributed by atoms with van der Waals surface area (Å²) in [6.07, 6.45) is 6.03. The molecule has 0 amide bonds. The molecule has 1 atom stereocenters. The summed E-state index contributed by atoms with van der Waals surface area (Å²) >= 11 is 7.70. The van der Waals surface area contributed by atoms with Gasteiger partial charge in [0.05, 0.1) is 4.90 Å². The summed E-state index contributed by atoms with van der Waals surface area (Å²) in [5, 5.41) is 2.63. The van der Waals surface area contributed by atoms with Gasteiger partial charge in [-0.05, 0) is 54.1 Å². The van der Waals surface area contributed by atoms with Gasteiger partial charge in [-0.15, -0.1) is 11.3 Å². The largest absolute Gasteiger partial charge is 0.287 e. The molecule has 3 aromatic rings. The maximum absolute atomic E-state index is 13.0. The number of nitrogens with zero attached hydrogens (tertiary/aromatic N) is 1. The zero-order chi connectivity index (χ0) is 22.4. The van der Waals surface area contributed by atoms with Crippen LogP contribution in [-0.2, 0) is 16.6 Å². The number of rotatable bonds is 9. The zero-order valence-corrected chi connectivity index (χ0v) is 20.4. The van der Waals surface area contributed by atoms with Crippen LogP contribution >= 0.6 is 22.9 Å². The summed E-state index contributed by atoms with van der Waals surface area (Å²) in [6, 6.07) is 21.2. The minimum absolute atomic E-state index is 0.0523. The van der Waals surface area contributed by atoms with E-state index in [0.717, 1.165) is 24.9 Å². The highest BCUT2D eigenvalue weighted by Crippen LogP contribution is 2.33. The SMILES string of the molecule is O=S(=O)(NC[C@H](c1ccccc1)N(Cc1cccs1)C1CCCCC1)c1ccc(Cl)cc1. The van der Waals surface area contributed by atoms with Gasteiger partial charge in [-0.25, -0.2) is 13.1 Å². The van der Waals surface area contributed by atoms with Gasteiger partial charge in [0.1, 0.15) is 0 Å². The molecule has 170 valence electrons. The maximum atomic E-state index is 13.0. The molecule has 7 heteroatoms. The Morgan fingerprint density at radius 2 is 1.69 bits per heavy atom. The van der Waals surface area contributed by atoms with Crippen molar-refractivity contribution < 1.29 is 8.42 Å². The average Bonchev–Trinajstić information content (AvgIpc) is 3.33. The second-order valence-corrected chi connectivity index (χ2v) is 11.5. The van der Waals surface area contributed by atoms with Gasteiger partial charge in [0.15, 0.2) is 0 Å². The number of nitrogens with one attached hydrogen (secondary N) is 1. The summed E-state index contributed by atoms with van der Waals surface area (Å²) in [4.78, 5) is 4.05. The van der Waals surface area contributed by atoms with Gasteiger partial charge in [-0.3, -0.25) is 4.90 Å². The first-order valence-corrected chi connectivity index (χ1v) is 13.9. The highest BCUT2D eigenvalue weighted by molar-refractivity contribution is 7.89. The fourth-order valence-corrected chi connectivity index (χ4v) is 6.35. The Kier molecular flexibility index (Phi) is 8.02. The lowest BCUT2D eigenvalue weighted by Crippen LogP contribution is -2.44. The second-order valence-electron chi connectivity index (χ2n) is 8.28. The van der Waals surface area contributed by atoms with Gasteiger partial charge >= 0.3 is 0 Å². The molecule has 32 heavy (non-hydrogen) atoms. The Hall–Kier alpha value is -1.70. The molecule has 4 rings (SSSR count). The summed E-state index contributed by atoms with van der Waals surface area (Å²) < 4.78 is 28.9. The molecule has 2 aromatic carbocycles. The smallest absolute Gasteiger partial charge is 0.240 e. The predicted octanol–water partition coefficient (Wildman–Crippen LogP) is 6.26. The van der Waals surface area contributed by atoms with Crippen molar-refractivity contribution in [1.82, 2.24) is 9.62 Å². The van der Waals surface area contributed by atoms with Crippen molar-refractivity contribution in [3.8, 4) is 0 Å². The molecular weight excluding hydrogens is 460 g/mol. The molecule has 1 N–H and O–H groups in total. The molecule has 4 nitrogen and oxygen atoms in total. The van der Waals surface area contributed by atoms with Crippen LogP contribution in [0.25, 0.3) is 0 Å². The van der Waals surface area contributed by atoms with E-state index in [9.17, 15) is 8.42 Å². The van der Waals surface area contributed by atoms with Crippen LogP contribution in [-0.4, -0.2) is 25.9 Å². The van der Waals surface area contributed by atoms with Crippen LogP contribution in [0.1, 0.15) is 48.6 Å². The molecule has 0 spiro atoms. The van der Waals surface area contributed by atoms with Crippen LogP contribution in [0.5, 0.6) is 0 Å². The van der Waals surface area contributed by atoms with Crippen LogP contribution in [0.2, 0.25) is 5.02 Å². The molecule has 0 radical (unpaired) electrons. The van der Waals surface area contributed by atoms with Gasteiger partial charge in [0.25, 0.3) is 0 Å². The van der Waals surface area contributed by atoms with Crippen molar-refractivity contribution in [2.24, 2.45) is 0 Å². The third-order valence-corrected chi connectivity index (χ3v) is 8.69. The van der Waals surface area contributed by atoms with Crippen LogP contribution in [0.4, 0.5) is 0 Å². The average molecular weight is 489 g/mol. The van der Waals surface area contributed by atoms with E-state index in [4.69, 9.17) is 11.6 Å². The molecule has 1 heterocycles. The predicted molar refractivity (Wildman–Crippen MR) is 133 cm³/mol. The normalized spacial score (nSPS) is 16.3. The number of sulfonamides is 1. The lowest BCUT2D eigenvalue weighted by molar-refractivity contribution is 0.0974. The first-order valence-electron chi connectivity index (χ1n) is 11.1. The van der Waals surface area contributed by atoms with Gasteiger partial charge in [-0.2, -0.15) is 0 Å². The van der Waals surface area contributed by atoms with Gasteiger partial charge < -0.3 is 0 Å². The summed E-state index contributed by atoms with van der Waals surface area (Å²) in [5.74, 6) is 0. The third kappa shape index (κ3) is 6.00. The van der Waals surface area contributed by atoms with Crippen molar-refractivity contribution in [2.75, 3.05) is 6.54 Å². The highest BCUT2D eigenvalue weighted by Gasteiger charge is 2.30. The van der Waals surface area contributed by atoms with E-state index in [0.29, 0.717) is 17.6 Å². The molecule has 1 saturated carbocycles. The maximum Gasteiger partial charge on any atom is 0.240 e. The molecule has 1 aromatic heterocycles. The Morgan fingerprint density at radius 1 is 0.969 bits per heavy atom. The summed E-state index contributed by atoms with van der Waals surface area (Å²) in [6.45, 7) is 1.14. The van der Waals surface area contributed by atoms with E-state index in [1.165, 1.54) is 24.1 Å². The number of thiophene rings is 1. The molecule has 1 fully saturated rings. The minimum Gasteiger partial charge on any atom is -0.287 e. The van der Waals surface area contributed by atoms with Crippen LogP contribution in [0.3, 0.4) is 0 Å². The van der Waals surface area contributed by atoms with E-state index in [-0.39, 0.29) is 10.9 Å². The molecule has 0 saturated heterocycles. The van der Waals surface area contributed by atoms with Gasteiger partial charge in [-0.1, -0.05) is 67.3 Å². The fraction of sp³-hybridized carbons (Fsp3) is 0.360. The number of hydrogen-bond donors (Lipinski definition) is 1. The van der Waals surface area contributed by atoms with E-state index in [2.05, 4.69) is 39.3 Å². The molecular formula is C25H29ClN2O2S2. The molecule has 0 bridgehead atoms. The van der Waals surface area contributed by atoms with E-state index >= 15 is 0 Å². The van der Waals surface area contributed by atoms with Gasteiger partial charge in [0.2, 0.25) is 10.0 Å². The summed E-state index contributed by atoms with van der Waals surface area (Å²) in [7, 11) is -3.64. The lowest BCUT2D eigenvalue weighted by atomic mass is 9.91. The van der Waals surface area contributed by atoms with Crippen LogP contribution in [0.15, 0.2) is 77.0 Å². The standard InChI is InChI=1S/C25H29ClN2O2S2/c26-21-13-15-24(16-14-21)32(29,30)27-18-25(20-8-3-1-4-9-20)28(19-23-12-7-17-31-23)22-10-5-2-6-11-22/h1,3-4,7-9,12-17,22,25,27H,2,5-6,10-11,18-19H2/t25-/m1/s1. The van der Waals surface area contributed by atoms with Crippen molar-refractivity contribution in [2.45, 2.75) is 55.6 Å². The number of benzene rings is 2. The topological polar surface area (TPSA) is 49.4 Å². The summed E-state index contributed by atoms with van der Waals surface area (Å²) in [5.41, 5.74) is 1.13. The van der Waals surface area contributed by atoms with Crippen molar-refractivity contribution in [3.63, 3.8) is 0 Å². The minimum atomic E-state index is -3.64. The Bertz CT molecular complexity index is 1060. The molecule has 1 aliphatic carbocycles. The zero-order valence-electron chi connectivity index (χ0n) is 18.0. The second kappa shape index (κ2) is 10.9. The first kappa shape index (κ1) is 23.5. The Balaban J connectivity index is 1.62. The molecule has 0 unspecified atom stereocenters. The van der Waals surface area contributed by atoms with Crippen molar-refractivity contribution in [3.05, 3.63) is 87.6 Å². The Labute approximate surface area is 200 Å².